The minimum absolute atomic E-state index is 0.267. The number of amides is 2. The molecule has 3 aromatic carbocycles. The van der Waals surface area contributed by atoms with Crippen LogP contribution in [0.3, 0.4) is 0 Å². The zero-order valence-corrected chi connectivity index (χ0v) is 18.2. The van der Waals surface area contributed by atoms with Crippen LogP contribution in [0.2, 0.25) is 10.0 Å². The lowest BCUT2D eigenvalue weighted by atomic mass is 10.1. The summed E-state index contributed by atoms with van der Waals surface area (Å²) < 4.78 is 0. The third kappa shape index (κ3) is 4.46. The summed E-state index contributed by atoms with van der Waals surface area (Å²) in [7, 11) is 0. The number of hydrogen-bond donors (Lipinski definition) is 0. The van der Waals surface area contributed by atoms with Gasteiger partial charge in [-0.3, -0.25) is 14.5 Å². The van der Waals surface area contributed by atoms with Crippen molar-refractivity contribution in [2.45, 2.75) is 11.3 Å². The van der Waals surface area contributed by atoms with Gasteiger partial charge in [-0.05, 0) is 53.9 Å². The molecule has 0 atom stereocenters. The summed E-state index contributed by atoms with van der Waals surface area (Å²) in [4.78, 5) is 29.1. The number of carbonyl (C=O) groups is 2. The quantitative estimate of drug-likeness (QED) is 0.422. The summed E-state index contributed by atoms with van der Waals surface area (Å²) >= 11 is 13.2. The van der Waals surface area contributed by atoms with Crippen molar-refractivity contribution in [3.63, 3.8) is 0 Å². The molecule has 6 heteroatoms. The van der Waals surface area contributed by atoms with Crippen LogP contribution >= 0.6 is 35.0 Å². The predicted molar refractivity (Wildman–Crippen MR) is 123 cm³/mol. The van der Waals surface area contributed by atoms with Gasteiger partial charge in [-0.25, -0.2) is 0 Å². The van der Waals surface area contributed by atoms with Crippen molar-refractivity contribution in [3.8, 4) is 0 Å². The van der Waals surface area contributed by atoms with E-state index in [-0.39, 0.29) is 11.8 Å². The first kappa shape index (κ1) is 20.7. The van der Waals surface area contributed by atoms with Crippen LogP contribution in [0, 0.1) is 0 Å². The van der Waals surface area contributed by atoms with Gasteiger partial charge in [0, 0.05) is 21.5 Å². The van der Waals surface area contributed by atoms with Crippen LogP contribution in [-0.4, -0.2) is 23.3 Å². The van der Waals surface area contributed by atoms with Crippen molar-refractivity contribution < 1.29 is 9.59 Å². The predicted octanol–water partition coefficient (Wildman–Crippen LogP) is 6.11. The molecule has 0 bridgehead atoms. The minimum atomic E-state index is -0.271. The molecule has 2 amide bonds. The highest BCUT2D eigenvalue weighted by Gasteiger charge is 2.39. The molecule has 0 saturated heterocycles. The molecule has 0 saturated carbocycles. The standard InChI is InChI=1S/C24H17Cl2NO2S/c25-18-8-6-16(7-9-18)14-15-27-23(28)21(17-4-2-1-3-5-17)22(24(27)29)30-20-12-10-19(26)11-13-20/h1-13H,14-15H2. The minimum Gasteiger partial charge on any atom is -0.274 e. The van der Waals surface area contributed by atoms with Crippen LogP contribution in [0.5, 0.6) is 0 Å². The highest BCUT2D eigenvalue weighted by molar-refractivity contribution is 8.04. The molecule has 0 radical (unpaired) electrons. The van der Waals surface area contributed by atoms with Gasteiger partial charge in [-0.1, -0.05) is 77.4 Å². The first-order valence-corrected chi connectivity index (χ1v) is 10.9. The number of thioether (sulfide) groups is 1. The van der Waals surface area contributed by atoms with Gasteiger partial charge < -0.3 is 0 Å². The maximum atomic E-state index is 13.2. The van der Waals surface area contributed by atoms with Gasteiger partial charge in [0.2, 0.25) is 0 Å². The first-order chi connectivity index (χ1) is 14.5. The number of carbonyl (C=O) groups excluding carboxylic acids is 2. The molecule has 1 aliphatic rings. The molecule has 0 fully saturated rings. The molecule has 1 aliphatic heterocycles. The fourth-order valence-electron chi connectivity index (χ4n) is 3.22. The molecule has 0 aliphatic carbocycles. The molecule has 150 valence electrons. The molecule has 0 spiro atoms. The lowest BCUT2D eigenvalue weighted by Crippen LogP contribution is -2.33. The van der Waals surface area contributed by atoms with Crippen LogP contribution < -0.4 is 0 Å². The summed E-state index contributed by atoms with van der Waals surface area (Å²) in [6.45, 7) is 0.306. The van der Waals surface area contributed by atoms with Gasteiger partial charge >= 0.3 is 0 Å². The van der Waals surface area contributed by atoms with Crippen LogP contribution in [0.25, 0.3) is 5.57 Å². The van der Waals surface area contributed by atoms with E-state index in [1.54, 1.807) is 24.3 Å². The smallest absolute Gasteiger partial charge is 0.268 e. The summed E-state index contributed by atoms with van der Waals surface area (Å²) in [5, 5.41) is 1.27. The Hall–Kier alpha value is -2.53. The average Bonchev–Trinajstić information content (AvgIpc) is 2.99. The van der Waals surface area contributed by atoms with Gasteiger partial charge in [-0.15, -0.1) is 0 Å². The molecule has 3 nitrogen and oxygen atoms in total. The Kier molecular flexibility index (Phi) is 6.28. The highest BCUT2D eigenvalue weighted by atomic mass is 35.5. The van der Waals surface area contributed by atoms with Crippen molar-refractivity contribution in [1.82, 2.24) is 4.90 Å². The van der Waals surface area contributed by atoms with Crippen LogP contribution in [0.1, 0.15) is 11.1 Å². The van der Waals surface area contributed by atoms with E-state index in [9.17, 15) is 9.59 Å². The first-order valence-electron chi connectivity index (χ1n) is 9.36. The van der Waals surface area contributed by atoms with Gasteiger partial charge in [0.15, 0.2) is 0 Å². The second-order valence-electron chi connectivity index (χ2n) is 6.76. The maximum Gasteiger partial charge on any atom is 0.268 e. The topological polar surface area (TPSA) is 37.4 Å². The van der Waals surface area contributed by atoms with Crippen LogP contribution in [0.4, 0.5) is 0 Å². The normalized spacial score (nSPS) is 14.0. The van der Waals surface area contributed by atoms with E-state index in [0.717, 1.165) is 16.0 Å². The van der Waals surface area contributed by atoms with Gasteiger partial charge in [-0.2, -0.15) is 0 Å². The Morgan fingerprint density at radius 2 is 1.33 bits per heavy atom. The summed E-state index contributed by atoms with van der Waals surface area (Å²) in [5.41, 5.74) is 2.19. The summed E-state index contributed by atoms with van der Waals surface area (Å²) in [6.07, 6.45) is 0.565. The Bertz CT molecular complexity index is 1110. The van der Waals surface area contributed by atoms with Gasteiger partial charge in [0.05, 0.1) is 10.5 Å². The van der Waals surface area contributed by atoms with Gasteiger partial charge in [0.25, 0.3) is 11.8 Å². The number of imide groups is 1. The van der Waals surface area contributed by atoms with Gasteiger partial charge in [0.1, 0.15) is 0 Å². The van der Waals surface area contributed by atoms with Crippen molar-refractivity contribution in [2.75, 3.05) is 6.54 Å². The molecule has 3 aromatic rings. The Morgan fingerprint density at radius 1 is 0.733 bits per heavy atom. The van der Waals surface area contributed by atoms with E-state index in [4.69, 9.17) is 23.2 Å². The summed E-state index contributed by atoms with van der Waals surface area (Å²) in [6, 6.07) is 24.0. The summed E-state index contributed by atoms with van der Waals surface area (Å²) in [5.74, 6) is -0.538. The van der Waals surface area contributed by atoms with E-state index < -0.39 is 0 Å². The lowest BCUT2D eigenvalue weighted by Gasteiger charge is -2.15. The van der Waals surface area contributed by atoms with Crippen molar-refractivity contribution in [1.29, 1.82) is 0 Å². The van der Waals surface area contributed by atoms with E-state index in [1.807, 2.05) is 54.6 Å². The third-order valence-electron chi connectivity index (χ3n) is 4.76. The Labute approximate surface area is 189 Å². The molecule has 0 aromatic heterocycles. The Balaban J connectivity index is 1.63. The van der Waals surface area contributed by atoms with E-state index in [0.29, 0.717) is 33.5 Å². The van der Waals surface area contributed by atoms with E-state index in [2.05, 4.69) is 0 Å². The molecule has 30 heavy (non-hydrogen) atoms. The number of rotatable bonds is 6. The average molecular weight is 454 g/mol. The monoisotopic (exact) mass is 453 g/mol. The number of halogens is 2. The molecule has 4 rings (SSSR count). The number of benzene rings is 3. The van der Waals surface area contributed by atoms with Crippen molar-refractivity contribution in [2.24, 2.45) is 0 Å². The highest BCUT2D eigenvalue weighted by Crippen LogP contribution is 2.39. The fourth-order valence-corrected chi connectivity index (χ4v) is 4.49. The molecule has 0 N–H and O–H groups in total. The zero-order chi connectivity index (χ0) is 21.1. The van der Waals surface area contributed by atoms with E-state index >= 15 is 0 Å². The third-order valence-corrected chi connectivity index (χ3v) is 6.35. The Morgan fingerprint density at radius 3 is 1.97 bits per heavy atom. The SMILES string of the molecule is O=C1C(Sc2ccc(Cl)cc2)=C(c2ccccc2)C(=O)N1CCc1ccc(Cl)cc1. The molecular formula is C24H17Cl2NO2S. The number of hydrogen-bond acceptors (Lipinski definition) is 3. The molecule has 0 unspecified atom stereocenters. The fraction of sp³-hybridized carbons (Fsp3) is 0.0833. The zero-order valence-electron chi connectivity index (χ0n) is 15.8. The second kappa shape index (κ2) is 9.09. The van der Waals surface area contributed by atoms with Crippen LogP contribution in [0.15, 0.2) is 88.7 Å². The number of nitrogens with zero attached hydrogens (tertiary/aromatic N) is 1. The van der Waals surface area contributed by atoms with E-state index in [1.165, 1.54) is 16.7 Å². The lowest BCUT2D eigenvalue weighted by molar-refractivity contribution is -0.136. The van der Waals surface area contributed by atoms with Crippen molar-refractivity contribution in [3.05, 3.63) is 105 Å². The second-order valence-corrected chi connectivity index (χ2v) is 8.72. The molecular weight excluding hydrogens is 437 g/mol. The van der Waals surface area contributed by atoms with Crippen molar-refractivity contribution >= 4 is 52.4 Å². The van der Waals surface area contributed by atoms with Crippen LogP contribution in [-0.2, 0) is 16.0 Å². The maximum absolute atomic E-state index is 13.2. The largest absolute Gasteiger partial charge is 0.274 e. The molecule has 1 heterocycles.